The van der Waals surface area contributed by atoms with Gasteiger partial charge < -0.3 is 35.5 Å². The van der Waals surface area contributed by atoms with Crippen molar-refractivity contribution in [1.82, 2.24) is 25.2 Å². The van der Waals surface area contributed by atoms with Crippen molar-refractivity contribution < 1.29 is 46.6 Å². The highest BCUT2D eigenvalue weighted by atomic mass is 32.2. The molecule has 0 bridgehead atoms. The van der Waals surface area contributed by atoms with E-state index in [4.69, 9.17) is 24.9 Å². The van der Waals surface area contributed by atoms with E-state index in [1.807, 2.05) is 35.1 Å². The van der Waals surface area contributed by atoms with Gasteiger partial charge in [-0.1, -0.05) is 60.7 Å². The number of rotatable bonds is 15. The maximum atomic E-state index is 15.0. The van der Waals surface area contributed by atoms with Gasteiger partial charge in [0.1, 0.15) is 34.8 Å². The molecule has 4 amide bonds. The quantitative estimate of drug-likeness (QED) is 0.0975. The Morgan fingerprint density at radius 3 is 2.32 bits per heavy atom. The zero-order valence-corrected chi connectivity index (χ0v) is 35.9. The highest BCUT2D eigenvalue weighted by Crippen LogP contribution is 2.58. The average Bonchev–Trinajstić information content (AvgIpc) is 3.68. The van der Waals surface area contributed by atoms with Crippen molar-refractivity contribution in [1.29, 1.82) is 0 Å². The van der Waals surface area contributed by atoms with Crippen LogP contribution in [-0.4, -0.2) is 97.4 Å². The molecule has 0 unspecified atom stereocenters. The van der Waals surface area contributed by atoms with Crippen molar-refractivity contribution in [2.45, 2.75) is 74.8 Å². The maximum Gasteiger partial charge on any atom is 0.408 e. The van der Waals surface area contributed by atoms with E-state index in [1.54, 1.807) is 58.0 Å². The van der Waals surface area contributed by atoms with Gasteiger partial charge in [0, 0.05) is 36.0 Å². The lowest BCUT2D eigenvalue weighted by molar-refractivity contribution is -0.141. The maximum absolute atomic E-state index is 15.0. The number of nitrogens with zero attached hydrogens (tertiary/aromatic N) is 2. The molecule has 6 rings (SSSR count). The molecule has 1 saturated carbocycles. The summed E-state index contributed by atoms with van der Waals surface area (Å²) in [4.78, 5) is 75.1. The Kier molecular flexibility index (Phi) is 12.9. The fourth-order valence-electron chi connectivity index (χ4n) is 7.48. The number of amides is 4. The number of sulfonamides is 1. The lowest BCUT2D eigenvalue weighted by atomic mass is 9.88. The van der Waals surface area contributed by atoms with E-state index in [2.05, 4.69) is 17.2 Å². The van der Waals surface area contributed by atoms with Crippen LogP contribution in [-0.2, 0) is 33.9 Å². The number of methoxy groups -OCH3 is 1. The summed E-state index contributed by atoms with van der Waals surface area (Å²) in [5.41, 5.74) is 3.69. The minimum absolute atomic E-state index is 0.120. The lowest BCUT2D eigenvalue weighted by Crippen LogP contribution is -2.58. The van der Waals surface area contributed by atoms with E-state index in [0.29, 0.717) is 28.1 Å². The van der Waals surface area contributed by atoms with Gasteiger partial charge in [0.05, 0.1) is 41.2 Å². The van der Waals surface area contributed by atoms with Crippen LogP contribution in [0, 0.1) is 5.41 Å². The molecule has 326 valence electrons. The van der Waals surface area contributed by atoms with Crippen molar-refractivity contribution in [3.8, 4) is 22.8 Å². The SMILES string of the molecule is C=C[C@@]1(C(=O)[C@@H]2C[C@@H](Oc3cc(-c4ccccc4)nc4cc(OC)ccc34)CN2C(=O)[C@H](CNC(=O)C=CC)NC(=O)OC(C)(C)C)C[C@]1(N)C(=O)NS(=O)(=O)c1ccccc1. The van der Waals surface area contributed by atoms with Gasteiger partial charge in [-0.15, -0.1) is 6.58 Å². The predicted molar refractivity (Wildman–Crippen MR) is 230 cm³/mol. The monoisotopic (exact) mass is 866 g/mol. The summed E-state index contributed by atoms with van der Waals surface area (Å²) in [6, 6.07) is 20.8. The molecule has 62 heavy (non-hydrogen) atoms. The Morgan fingerprint density at radius 2 is 1.69 bits per heavy atom. The molecule has 2 aliphatic rings. The molecule has 4 aromatic rings. The third kappa shape index (κ3) is 9.48. The van der Waals surface area contributed by atoms with Crippen molar-refractivity contribution in [2.75, 3.05) is 20.2 Å². The Hall–Kier alpha value is -6.59. The summed E-state index contributed by atoms with van der Waals surface area (Å²) < 4.78 is 46.0. The number of ketones is 1. The van der Waals surface area contributed by atoms with Gasteiger partial charge >= 0.3 is 6.09 Å². The molecule has 1 aliphatic carbocycles. The van der Waals surface area contributed by atoms with E-state index in [-0.39, 0.29) is 24.3 Å². The van der Waals surface area contributed by atoms with Crippen LogP contribution < -0.4 is 30.6 Å². The molecule has 16 nitrogen and oxygen atoms in total. The number of carbonyl (C=O) groups is 5. The Labute approximate surface area is 359 Å². The molecule has 2 heterocycles. The third-order valence-electron chi connectivity index (χ3n) is 10.7. The number of nitrogens with two attached hydrogens (primary N) is 1. The van der Waals surface area contributed by atoms with Crippen molar-refractivity contribution >= 4 is 50.5 Å². The van der Waals surface area contributed by atoms with Crippen LogP contribution in [0.1, 0.15) is 40.5 Å². The number of allylic oxidation sites excluding steroid dienone is 1. The first kappa shape index (κ1) is 44.9. The number of likely N-dealkylation sites (tertiary alicyclic amines) is 1. The fraction of sp³-hybridized carbons (Fsp3) is 0.333. The van der Waals surface area contributed by atoms with Crippen LogP contribution in [0.5, 0.6) is 11.5 Å². The largest absolute Gasteiger partial charge is 0.497 e. The molecule has 1 aliphatic heterocycles. The molecule has 5 N–H and O–H groups in total. The summed E-state index contributed by atoms with van der Waals surface area (Å²) in [7, 11) is -2.85. The molecule has 2 fully saturated rings. The number of hydrogen-bond donors (Lipinski definition) is 4. The molecule has 1 saturated heterocycles. The van der Waals surface area contributed by atoms with E-state index in [9.17, 15) is 32.4 Å². The Bertz CT molecular complexity index is 2530. The zero-order chi connectivity index (χ0) is 45.0. The number of nitrogens with one attached hydrogen (secondary N) is 3. The van der Waals surface area contributed by atoms with E-state index in [0.717, 1.165) is 5.56 Å². The van der Waals surface area contributed by atoms with Crippen LogP contribution in [0.15, 0.2) is 115 Å². The third-order valence-corrected chi connectivity index (χ3v) is 12.0. The second-order valence-corrected chi connectivity index (χ2v) is 17.8. The highest BCUT2D eigenvalue weighted by Gasteiger charge is 2.74. The normalized spacial score (nSPS) is 21.4. The summed E-state index contributed by atoms with van der Waals surface area (Å²) in [6.45, 7) is 9.78. The van der Waals surface area contributed by atoms with Gasteiger partial charge in [-0.05, 0) is 64.5 Å². The number of ether oxygens (including phenoxy) is 3. The van der Waals surface area contributed by atoms with Gasteiger partial charge in [0.2, 0.25) is 11.8 Å². The lowest BCUT2D eigenvalue weighted by Gasteiger charge is -2.31. The summed E-state index contributed by atoms with van der Waals surface area (Å²) in [5, 5.41) is 5.74. The molecule has 0 spiro atoms. The van der Waals surface area contributed by atoms with E-state index >= 15 is 0 Å². The number of carbonyl (C=O) groups excluding carboxylic acids is 5. The first-order valence-electron chi connectivity index (χ1n) is 19.8. The minimum Gasteiger partial charge on any atom is -0.497 e. The molecular formula is C45H50N6O10S. The van der Waals surface area contributed by atoms with Crippen molar-refractivity contribution in [3.05, 3.63) is 110 Å². The molecule has 3 aromatic carbocycles. The van der Waals surface area contributed by atoms with E-state index < -0.39 is 80.9 Å². The first-order chi connectivity index (χ1) is 29.3. The summed E-state index contributed by atoms with van der Waals surface area (Å²) >= 11 is 0. The molecule has 0 radical (unpaired) electrons. The van der Waals surface area contributed by atoms with Gasteiger partial charge in [0.25, 0.3) is 15.9 Å². The molecular weight excluding hydrogens is 817 g/mol. The van der Waals surface area contributed by atoms with Crippen LogP contribution in [0.2, 0.25) is 0 Å². The molecule has 5 atom stereocenters. The topological polar surface area (TPSA) is 225 Å². The molecule has 1 aromatic heterocycles. The standard InChI is InChI=1S/C45H50N6O10S/c1-7-15-38(52)47-25-35(49-42(56)61-43(3,4)5)40(54)51-26-30(60-37-24-33(28-16-11-9-12-17-28)48-34-22-29(59-6)20-21-32(34)37)23-36(51)39(53)44(8-2)27-45(44,46)41(55)50-62(57,58)31-18-13-10-14-19-31/h7-22,24,30,35-36H,2,23,25-27,46H2,1,3-6H3,(H,47,52)(H,49,56)(H,50,55)/t30-,35+,36+,44+,45+/m1/s1. The van der Waals surface area contributed by atoms with Crippen molar-refractivity contribution in [3.63, 3.8) is 0 Å². The average molecular weight is 867 g/mol. The molecule has 17 heteroatoms. The number of aromatic nitrogens is 1. The number of fused-ring (bicyclic) bond motifs is 1. The number of alkyl carbamates (subject to hydrolysis) is 1. The predicted octanol–water partition coefficient (Wildman–Crippen LogP) is 4.19. The van der Waals surface area contributed by atoms with Gasteiger partial charge in [-0.2, -0.15) is 0 Å². The van der Waals surface area contributed by atoms with Crippen LogP contribution >= 0.6 is 0 Å². The second-order valence-electron chi connectivity index (χ2n) is 16.1. The van der Waals surface area contributed by atoms with Crippen molar-refractivity contribution in [2.24, 2.45) is 11.1 Å². The summed E-state index contributed by atoms with van der Waals surface area (Å²) in [6.07, 6.45) is 1.67. The van der Waals surface area contributed by atoms with Gasteiger partial charge in [0.15, 0.2) is 5.78 Å². The first-order valence-corrected chi connectivity index (χ1v) is 21.3. The highest BCUT2D eigenvalue weighted by molar-refractivity contribution is 7.90. The zero-order valence-electron chi connectivity index (χ0n) is 35.0. The van der Waals surface area contributed by atoms with Crippen LogP contribution in [0.3, 0.4) is 0 Å². The number of hydrogen-bond acceptors (Lipinski definition) is 12. The second kappa shape index (κ2) is 17.8. The fourth-order valence-corrected chi connectivity index (χ4v) is 8.54. The van der Waals surface area contributed by atoms with E-state index in [1.165, 1.54) is 54.5 Å². The van der Waals surface area contributed by atoms with Crippen LogP contribution in [0.25, 0.3) is 22.2 Å². The van der Waals surface area contributed by atoms with Crippen LogP contribution in [0.4, 0.5) is 4.79 Å². The minimum atomic E-state index is -4.39. The Balaban J connectivity index is 1.38. The van der Waals surface area contributed by atoms with Gasteiger partial charge in [-0.25, -0.2) is 22.9 Å². The number of benzene rings is 3. The van der Waals surface area contributed by atoms with Gasteiger partial charge in [-0.3, -0.25) is 19.2 Å². The Morgan fingerprint density at radius 1 is 1.02 bits per heavy atom. The summed E-state index contributed by atoms with van der Waals surface area (Å²) in [5.74, 6) is -2.23. The number of Topliss-reactive ketones (excluding diaryl/α,β-unsaturated/α-hetero) is 1. The number of pyridine rings is 1. The smallest absolute Gasteiger partial charge is 0.408 e.